The fraction of sp³-hybridized carbons (Fsp3) is 0.500. The molecule has 1 N–H and O–H groups in total. The molecular weight excluding hydrogens is 150 g/mol. The molecule has 0 amide bonds. The average molecular weight is 165 g/mol. The van der Waals surface area contributed by atoms with E-state index < -0.39 is 6.10 Å². The second kappa shape index (κ2) is 3.68. The third-order valence-corrected chi connectivity index (χ3v) is 1.91. The van der Waals surface area contributed by atoms with Gasteiger partial charge in [0.05, 0.1) is 6.10 Å². The molecule has 0 spiro atoms. The lowest BCUT2D eigenvalue weighted by molar-refractivity contribution is 0.126. The molecule has 0 bridgehead atoms. The number of aromatic nitrogens is 1. The third kappa shape index (κ3) is 2.05. The van der Waals surface area contributed by atoms with Crippen molar-refractivity contribution < 1.29 is 5.11 Å². The lowest BCUT2D eigenvalue weighted by Gasteiger charge is -2.13. The molecule has 2 heteroatoms. The van der Waals surface area contributed by atoms with Gasteiger partial charge in [-0.25, -0.2) is 0 Å². The molecule has 12 heavy (non-hydrogen) atoms. The molecule has 0 saturated heterocycles. The zero-order chi connectivity index (χ0) is 9.14. The second-order valence-corrected chi connectivity index (χ2v) is 3.42. The summed E-state index contributed by atoms with van der Waals surface area (Å²) in [7, 11) is 0. The van der Waals surface area contributed by atoms with Crippen LogP contribution in [0.2, 0.25) is 0 Å². The van der Waals surface area contributed by atoms with Crippen LogP contribution in [0.5, 0.6) is 0 Å². The van der Waals surface area contributed by atoms with Gasteiger partial charge in [-0.1, -0.05) is 19.9 Å². The Hall–Kier alpha value is -0.890. The molecule has 2 nitrogen and oxygen atoms in total. The Labute approximate surface area is 73.3 Å². The second-order valence-electron chi connectivity index (χ2n) is 3.42. The molecule has 66 valence electrons. The summed E-state index contributed by atoms with van der Waals surface area (Å²) >= 11 is 0. The standard InChI is InChI=1S/C10H15NO/c1-7(2)10(12)9-5-4-8(3)11-6-9/h4-7,10,12H,1-3H3/t10-/m0/s1. The molecule has 0 aliphatic carbocycles. The van der Waals surface area contributed by atoms with Crippen molar-refractivity contribution >= 4 is 0 Å². The molecular formula is C10H15NO. The fourth-order valence-electron chi connectivity index (χ4n) is 1.04. The van der Waals surface area contributed by atoms with Crippen LogP contribution in [0.15, 0.2) is 18.3 Å². The molecule has 1 atom stereocenters. The number of aryl methyl sites for hydroxylation is 1. The molecule has 0 aromatic carbocycles. The third-order valence-electron chi connectivity index (χ3n) is 1.91. The van der Waals surface area contributed by atoms with E-state index in [9.17, 15) is 5.11 Å². The summed E-state index contributed by atoms with van der Waals surface area (Å²) in [6.45, 7) is 5.92. The van der Waals surface area contributed by atoms with Crippen LogP contribution in [0.4, 0.5) is 0 Å². The smallest absolute Gasteiger partial charge is 0.0827 e. The van der Waals surface area contributed by atoms with Crippen LogP contribution in [0, 0.1) is 12.8 Å². The number of rotatable bonds is 2. The van der Waals surface area contributed by atoms with E-state index >= 15 is 0 Å². The summed E-state index contributed by atoms with van der Waals surface area (Å²) in [5.74, 6) is 0.245. The van der Waals surface area contributed by atoms with Gasteiger partial charge in [-0.2, -0.15) is 0 Å². The number of aliphatic hydroxyl groups is 1. The highest BCUT2D eigenvalue weighted by Gasteiger charge is 2.11. The summed E-state index contributed by atoms with van der Waals surface area (Å²) in [6.07, 6.45) is 1.35. The van der Waals surface area contributed by atoms with Gasteiger partial charge in [-0.3, -0.25) is 4.98 Å². The van der Waals surface area contributed by atoms with Gasteiger partial charge in [0.15, 0.2) is 0 Å². The van der Waals surface area contributed by atoms with Crippen LogP contribution in [0.1, 0.15) is 31.2 Å². The van der Waals surface area contributed by atoms with Gasteiger partial charge < -0.3 is 5.11 Å². The summed E-state index contributed by atoms with van der Waals surface area (Å²) in [6, 6.07) is 3.84. The van der Waals surface area contributed by atoms with Crippen LogP contribution in [0.25, 0.3) is 0 Å². The maximum absolute atomic E-state index is 9.65. The Morgan fingerprint density at radius 1 is 1.33 bits per heavy atom. The number of nitrogens with zero attached hydrogens (tertiary/aromatic N) is 1. The normalized spacial score (nSPS) is 13.4. The first-order valence-corrected chi connectivity index (χ1v) is 4.22. The minimum absolute atomic E-state index is 0.245. The van der Waals surface area contributed by atoms with Crippen molar-refractivity contribution in [1.29, 1.82) is 0 Å². The van der Waals surface area contributed by atoms with E-state index in [0.29, 0.717) is 0 Å². The SMILES string of the molecule is Cc1ccc([C@@H](O)C(C)C)cn1. The molecule has 0 unspecified atom stereocenters. The predicted octanol–water partition coefficient (Wildman–Crippen LogP) is 2.08. The largest absolute Gasteiger partial charge is 0.388 e. The van der Waals surface area contributed by atoms with Crippen LogP contribution in [-0.2, 0) is 0 Å². The highest BCUT2D eigenvalue weighted by atomic mass is 16.3. The zero-order valence-corrected chi connectivity index (χ0v) is 7.78. The first kappa shape index (κ1) is 9.20. The van der Waals surface area contributed by atoms with Crippen molar-refractivity contribution in [2.45, 2.75) is 26.9 Å². The molecule has 1 aromatic rings. The Morgan fingerprint density at radius 3 is 2.42 bits per heavy atom. The zero-order valence-electron chi connectivity index (χ0n) is 7.78. The van der Waals surface area contributed by atoms with E-state index in [0.717, 1.165) is 11.3 Å². The Balaban J connectivity index is 2.82. The van der Waals surface area contributed by atoms with E-state index in [1.165, 1.54) is 0 Å². The summed E-state index contributed by atoms with van der Waals surface area (Å²) < 4.78 is 0. The molecule has 0 aliphatic heterocycles. The maximum Gasteiger partial charge on any atom is 0.0827 e. The molecule has 1 aromatic heterocycles. The first-order valence-electron chi connectivity index (χ1n) is 4.22. The first-order chi connectivity index (χ1) is 5.61. The lowest BCUT2D eigenvalue weighted by Crippen LogP contribution is -2.05. The molecule has 1 heterocycles. The Bertz CT molecular complexity index is 241. The van der Waals surface area contributed by atoms with Gasteiger partial charge >= 0.3 is 0 Å². The van der Waals surface area contributed by atoms with Crippen molar-refractivity contribution in [1.82, 2.24) is 4.98 Å². The maximum atomic E-state index is 9.65. The van der Waals surface area contributed by atoms with Gasteiger partial charge in [0, 0.05) is 11.9 Å². The number of aliphatic hydroxyl groups excluding tert-OH is 1. The highest BCUT2D eigenvalue weighted by molar-refractivity contribution is 5.15. The van der Waals surface area contributed by atoms with Crippen molar-refractivity contribution in [3.05, 3.63) is 29.6 Å². The lowest BCUT2D eigenvalue weighted by atomic mass is 10.0. The van der Waals surface area contributed by atoms with Crippen LogP contribution >= 0.6 is 0 Å². The molecule has 0 aliphatic rings. The number of hydrogen-bond donors (Lipinski definition) is 1. The van der Waals surface area contributed by atoms with Gasteiger partial charge in [-0.05, 0) is 24.5 Å². The van der Waals surface area contributed by atoms with E-state index in [-0.39, 0.29) is 5.92 Å². The Morgan fingerprint density at radius 2 is 2.00 bits per heavy atom. The highest BCUT2D eigenvalue weighted by Crippen LogP contribution is 2.19. The minimum Gasteiger partial charge on any atom is -0.388 e. The van der Waals surface area contributed by atoms with Crippen LogP contribution in [-0.4, -0.2) is 10.1 Å². The quantitative estimate of drug-likeness (QED) is 0.727. The molecule has 0 saturated carbocycles. The van der Waals surface area contributed by atoms with Gasteiger partial charge in [0.25, 0.3) is 0 Å². The van der Waals surface area contributed by atoms with E-state index in [1.54, 1.807) is 6.20 Å². The number of hydrogen-bond acceptors (Lipinski definition) is 2. The fourth-order valence-corrected chi connectivity index (χ4v) is 1.04. The number of pyridine rings is 1. The molecule has 0 radical (unpaired) electrons. The van der Waals surface area contributed by atoms with E-state index in [1.807, 2.05) is 32.9 Å². The van der Waals surface area contributed by atoms with Crippen molar-refractivity contribution in [3.8, 4) is 0 Å². The van der Waals surface area contributed by atoms with E-state index in [4.69, 9.17) is 0 Å². The minimum atomic E-state index is -0.391. The van der Waals surface area contributed by atoms with Crippen LogP contribution in [0.3, 0.4) is 0 Å². The van der Waals surface area contributed by atoms with Gasteiger partial charge in [0.1, 0.15) is 0 Å². The summed E-state index contributed by atoms with van der Waals surface area (Å²) in [5, 5.41) is 9.65. The summed E-state index contributed by atoms with van der Waals surface area (Å²) in [4.78, 5) is 4.12. The Kier molecular flexibility index (Phi) is 2.82. The molecule has 0 fully saturated rings. The summed E-state index contributed by atoms with van der Waals surface area (Å²) in [5.41, 5.74) is 1.88. The van der Waals surface area contributed by atoms with Gasteiger partial charge in [-0.15, -0.1) is 0 Å². The van der Waals surface area contributed by atoms with Crippen molar-refractivity contribution in [2.24, 2.45) is 5.92 Å². The topological polar surface area (TPSA) is 33.1 Å². The molecule has 1 rings (SSSR count). The van der Waals surface area contributed by atoms with Crippen LogP contribution < -0.4 is 0 Å². The monoisotopic (exact) mass is 165 g/mol. The average Bonchev–Trinajstić information content (AvgIpc) is 2.04. The predicted molar refractivity (Wildman–Crippen MR) is 48.8 cm³/mol. The van der Waals surface area contributed by atoms with Crippen molar-refractivity contribution in [3.63, 3.8) is 0 Å². The van der Waals surface area contributed by atoms with Crippen molar-refractivity contribution in [2.75, 3.05) is 0 Å². The van der Waals surface area contributed by atoms with E-state index in [2.05, 4.69) is 4.98 Å². The van der Waals surface area contributed by atoms with Gasteiger partial charge in [0.2, 0.25) is 0 Å².